The highest BCUT2D eigenvalue weighted by Gasteiger charge is 2.31. The molecular weight excluding hydrogens is 430 g/mol. The highest BCUT2D eigenvalue weighted by atomic mass is 32.1. The second kappa shape index (κ2) is 8.90. The lowest BCUT2D eigenvalue weighted by Crippen LogP contribution is -2.43. The molecule has 1 saturated heterocycles. The van der Waals surface area contributed by atoms with Gasteiger partial charge in [0.1, 0.15) is 4.88 Å². The van der Waals surface area contributed by atoms with Gasteiger partial charge in [0.25, 0.3) is 0 Å². The minimum atomic E-state index is -0.803. The van der Waals surface area contributed by atoms with Crippen molar-refractivity contribution in [2.24, 2.45) is 0 Å². The van der Waals surface area contributed by atoms with Crippen molar-refractivity contribution in [3.8, 4) is 11.3 Å². The molecule has 0 radical (unpaired) electrons. The largest absolute Gasteiger partial charge is 0.477 e. The van der Waals surface area contributed by atoms with E-state index < -0.39 is 5.97 Å². The summed E-state index contributed by atoms with van der Waals surface area (Å²) < 4.78 is 3.69. The van der Waals surface area contributed by atoms with E-state index in [1.54, 1.807) is 0 Å². The summed E-state index contributed by atoms with van der Waals surface area (Å²) in [6.07, 6.45) is 7.65. The molecule has 0 bridgehead atoms. The Morgan fingerprint density at radius 1 is 0.970 bits per heavy atom. The van der Waals surface area contributed by atoms with Gasteiger partial charge in [0.05, 0.1) is 15.9 Å². The third-order valence-electron chi connectivity index (χ3n) is 7.98. The molecule has 174 valence electrons. The van der Waals surface area contributed by atoms with Gasteiger partial charge in [-0.15, -0.1) is 11.3 Å². The molecular formula is C27H33N3O2S. The van der Waals surface area contributed by atoms with Crippen LogP contribution in [0.2, 0.25) is 0 Å². The zero-order valence-electron chi connectivity index (χ0n) is 19.3. The van der Waals surface area contributed by atoms with E-state index >= 15 is 0 Å². The van der Waals surface area contributed by atoms with E-state index in [-0.39, 0.29) is 0 Å². The van der Waals surface area contributed by atoms with Crippen LogP contribution in [0, 0.1) is 0 Å². The van der Waals surface area contributed by atoms with Crippen LogP contribution < -0.4 is 0 Å². The molecule has 1 aliphatic carbocycles. The Bertz CT molecular complexity index is 1170. The Labute approximate surface area is 199 Å². The monoisotopic (exact) mass is 463 g/mol. The molecule has 3 aliphatic rings. The summed E-state index contributed by atoms with van der Waals surface area (Å²) in [6, 6.07) is 10.9. The van der Waals surface area contributed by atoms with Crippen molar-refractivity contribution in [2.75, 3.05) is 32.7 Å². The van der Waals surface area contributed by atoms with Crippen molar-refractivity contribution in [3.63, 3.8) is 0 Å². The highest BCUT2D eigenvalue weighted by molar-refractivity contribution is 7.21. The van der Waals surface area contributed by atoms with Gasteiger partial charge in [-0.1, -0.05) is 43.5 Å². The van der Waals surface area contributed by atoms with Crippen LogP contribution in [0.5, 0.6) is 0 Å². The number of likely N-dealkylation sites (tertiary alicyclic amines) is 1. The number of hydrogen-bond donors (Lipinski definition) is 1. The molecule has 4 heterocycles. The third kappa shape index (κ3) is 3.92. The van der Waals surface area contributed by atoms with Crippen molar-refractivity contribution in [1.82, 2.24) is 14.4 Å². The van der Waals surface area contributed by atoms with Gasteiger partial charge in [-0.25, -0.2) is 4.79 Å². The number of aromatic carboxylic acids is 1. The van der Waals surface area contributed by atoms with Crippen molar-refractivity contribution in [3.05, 3.63) is 46.3 Å². The van der Waals surface area contributed by atoms with Crippen LogP contribution in [-0.2, 0) is 13.1 Å². The molecule has 6 rings (SSSR count). The number of carboxylic acid groups (broad SMARTS) is 1. The van der Waals surface area contributed by atoms with Crippen LogP contribution in [0.15, 0.2) is 30.3 Å². The van der Waals surface area contributed by atoms with Gasteiger partial charge < -0.3 is 14.6 Å². The minimum absolute atomic E-state index is 0.470. The van der Waals surface area contributed by atoms with Gasteiger partial charge in [-0.05, 0) is 55.5 Å². The number of thiophene rings is 1. The number of carbonyl (C=O) groups is 1. The SMILES string of the molecule is O=C(O)c1cc2c(s1)c(C1CCCCC1)c1n2CCN(CCN2CCC2)Cc2ccccc2-1. The first kappa shape index (κ1) is 21.4. The van der Waals surface area contributed by atoms with Crippen LogP contribution >= 0.6 is 11.3 Å². The predicted molar refractivity (Wildman–Crippen MR) is 134 cm³/mol. The number of rotatable bonds is 5. The molecule has 1 N–H and O–H groups in total. The summed E-state index contributed by atoms with van der Waals surface area (Å²) in [5.74, 6) is -0.268. The maximum atomic E-state index is 11.9. The van der Waals surface area contributed by atoms with Gasteiger partial charge in [-0.2, -0.15) is 0 Å². The summed E-state index contributed by atoms with van der Waals surface area (Å²) in [5, 5.41) is 9.75. The number of nitrogens with zero attached hydrogens (tertiary/aromatic N) is 3. The van der Waals surface area contributed by atoms with Crippen LogP contribution in [-0.4, -0.2) is 58.2 Å². The van der Waals surface area contributed by atoms with E-state index in [9.17, 15) is 9.90 Å². The first-order chi connectivity index (χ1) is 16.2. The second-order valence-corrected chi connectivity index (χ2v) is 11.1. The molecule has 0 unspecified atom stereocenters. The van der Waals surface area contributed by atoms with E-state index in [0.717, 1.165) is 38.2 Å². The van der Waals surface area contributed by atoms with Gasteiger partial charge in [0, 0.05) is 38.3 Å². The lowest BCUT2D eigenvalue weighted by molar-refractivity contribution is 0.0702. The quantitative estimate of drug-likeness (QED) is 0.532. The highest BCUT2D eigenvalue weighted by Crippen LogP contribution is 2.47. The minimum Gasteiger partial charge on any atom is -0.477 e. The fraction of sp³-hybridized carbons (Fsp3) is 0.519. The summed E-state index contributed by atoms with van der Waals surface area (Å²) >= 11 is 1.49. The van der Waals surface area contributed by atoms with Gasteiger partial charge in [-0.3, -0.25) is 4.90 Å². The number of fused-ring (bicyclic) bond motifs is 5. The van der Waals surface area contributed by atoms with Crippen molar-refractivity contribution < 1.29 is 9.90 Å². The Morgan fingerprint density at radius 2 is 1.76 bits per heavy atom. The van der Waals surface area contributed by atoms with E-state index in [1.807, 2.05) is 6.07 Å². The lowest BCUT2D eigenvalue weighted by atomic mass is 9.82. The Kier molecular flexibility index (Phi) is 5.76. The molecule has 5 nitrogen and oxygen atoms in total. The van der Waals surface area contributed by atoms with Crippen molar-refractivity contribution >= 4 is 27.5 Å². The van der Waals surface area contributed by atoms with Crippen LogP contribution in [0.25, 0.3) is 21.5 Å². The average Bonchev–Trinajstić information content (AvgIpc) is 3.33. The molecule has 2 fully saturated rings. The fourth-order valence-electron chi connectivity index (χ4n) is 6.08. The smallest absolute Gasteiger partial charge is 0.345 e. The van der Waals surface area contributed by atoms with Crippen LogP contribution in [0.3, 0.4) is 0 Å². The normalized spacial score (nSPS) is 20.1. The average molecular weight is 464 g/mol. The molecule has 2 aromatic heterocycles. The number of benzene rings is 1. The number of hydrogen-bond acceptors (Lipinski definition) is 4. The molecule has 2 aliphatic heterocycles. The van der Waals surface area contributed by atoms with Gasteiger partial charge >= 0.3 is 5.97 Å². The second-order valence-electron chi connectivity index (χ2n) is 10.0. The third-order valence-corrected chi connectivity index (χ3v) is 9.13. The van der Waals surface area contributed by atoms with E-state index in [1.165, 1.54) is 90.0 Å². The Balaban J connectivity index is 1.47. The summed E-state index contributed by atoms with van der Waals surface area (Å²) in [7, 11) is 0. The van der Waals surface area contributed by atoms with Gasteiger partial charge in [0.2, 0.25) is 0 Å². The first-order valence-electron chi connectivity index (χ1n) is 12.6. The van der Waals surface area contributed by atoms with E-state index in [4.69, 9.17) is 0 Å². The zero-order chi connectivity index (χ0) is 22.4. The predicted octanol–water partition coefficient (Wildman–Crippen LogP) is 5.64. The summed E-state index contributed by atoms with van der Waals surface area (Å²) in [5.41, 5.74) is 6.70. The van der Waals surface area contributed by atoms with Crippen molar-refractivity contribution in [2.45, 2.75) is 57.5 Å². The molecule has 33 heavy (non-hydrogen) atoms. The van der Waals surface area contributed by atoms with E-state index in [0.29, 0.717) is 10.8 Å². The van der Waals surface area contributed by atoms with Crippen molar-refractivity contribution in [1.29, 1.82) is 0 Å². The number of aromatic nitrogens is 1. The molecule has 3 aromatic rings. The summed E-state index contributed by atoms with van der Waals surface area (Å²) in [6.45, 7) is 7.63. The molecule has 1 aromatic carbocycles. The zero-order valence-corrected chi connectivity index (χ0v) is 20.1. The maximum absolute atomic E-state index is 11.9. The lowest BCUT2D eigenvalue weighted by Gasteiger charge is -2.34. The molecule has 0 spiro atoms. The summed E-state index contributed by atoms with van der Waals surface area (Å²) in [4.78, 5) is 17.5. The van der Waals surface area contributed by atoms with Crippen LogP contribution in [0.1, 0.15) is 65.2 Å². The Hall–Kier alpha value is -2.15. The topological polar surface area (TPSA) is 48.7 Å². The maximum Gasteiger partial charge on any atom is 0.345 e. The molecule has 1 saturated carbocycles. The molecule has 0 amide bonds. The number of carboxylic acids is 1. The first-order valence-corrected chi connectivity index (χ1v) is 13.4. The molecule has 0 atom stereocenters. The standard InChI is InChI=1S/C27H33N3O2S/c31-27(32)23-17-22-26(33-23)24(19-7-2-1-3-8-19)25-21-10-5-4-9-20(21)18-29(15-16-30(22)25)14-13-28-11-6-12-28/h4-5,9-10,17,19H,1-3,6-8,11-16,18H2,(H,31,32). The van der Waals surface area contributed by atoms with E-state index in [2.05, 4.69) is 38.6 Å². The Morgan fingerprint density at radius 3 is 2.52 bits per heavy atom. The fourth-order valence-corrected chi connectivity index (χ4v) is 7.20. The van der Waals surface area contributed by atoms with Gasteiger partial charge in [0.15, 0.2) is 0 Å². The van der Waals surface area contributed by atoms with Crippen LogP contribution in [0.4, 0.5) is 0 Å². The molecule has 6 heteroatoms.